The largest absolute Gasteiger partial charge is 0.313 e. The van der Waals surface area contributed by atoms with Crippen molar-refractivity contribution in [3.8, 4) is 0 Å². The van der Waals surface area contributed by atoms with Gasteiger partial charge in [-0.15, -0.1) is 0 Å². The summed E-state index contributed by atoms with van der Waals surface area (Å²) in [6.07, 6.45) is 11.1. The van der Waals surface area contributed by atoms with Crippen LogP contribution in [0.1, 0.15) is 79.1 Å². The Morgan fingerprint density at radius 3 is 2.20 bits per heavy atom. The van der Waals surface area contributed by atoms with Crippen molar-refractivity contribution in [3.05, 3.63) is 0 Å². The lowest BCUT2D eigenvalue weighted by Crippen LogP contribution is -2.46. The number of likely N-dealkylation sites (tertiary alicyclic amines) is 1. The van der Waals surface area contributed by atoms with E-state index in [-0.39, 0.29) is 0 Å². The predicted octanol–water partition coefficient (Wildman–Crippen LogP) is 4.45. The van der Waals surface area contributed by atoms with Gasteiger partial charge < -0.3 is 5.32 Å². The second-order valence-electron chi connectivity index (χ2n) is 7.07. The van der Waals surface area contributed by atoms with E-state index in [4.69, 9.17) is 0 Å². The standard InChI is InChI=1S/C18H38N2/c1-5-6-7-8-9-12-17(4)19-15-18(16(2)3)20-13-10-11-14-20/h16-19H,5-15H2,1-4H3. The van der Waals surface area contributed by atoms with Crippen LogP contribution in [0.2, 0.25) is 0 Å². The highest BCUT2D eigenvalue weighted by molar-refractivity contribution is 4.81. The Labute approximate surface area is 127 Å². The zero-order chi connectivity index (χ0) is 14.8. The van der Waals surface area contributed by atoms with Crippen molar-refractivity contribution in [3.63, 3.8) is 0 Å². The maximum absolute atomic E-state index is 3.79. The molecule has 1 aliphatic heterocycles. The topological polar surface area (TPSA) is 15.3 Å². The van der Waals surface area contributed by atoms with Gasteiger partial charge in [-0.25, -0.2) is 0 Å². The quantitative estimate of drug-likeness (QED) is 0.563. The van der Waals surface area contributed by atoms with Crippen LogP contribution in [0, 0.1) is 5.92 Å². The Bertz CT molecular complexity index is 221. The summed E-state index contributed by atoms with van der Waals surface area (Å²) in [7, 11) is 0. The van der Waals surface area contributed by atoms with E-state index < -0.39 is 0 Å². The highest BCUT2D eigenvalue weighted by Gasteiger charge is 2.24. The fraction of sp³-hybridized carbons (Fsp3) is 1.00. The van der Waals surface area contributed by atoms with Gasteiger partial charge in [0.15, 0.2) is 0 Å². The third kappa shape index (κ3) is 7.08. The molecular formula is C18H38N2. The van der Waals surface area contributed by atoms with E-state index in [1.165, 1.54) is 71.0 Å². The monoisotopic (exact) mass is 282 g/mol. The van der Waals surface area contributed by atoms with Crippen LogP contribution in [0.3, 0.4) is 0 Å². The Balaban J connectivity index is 2.15. The molecule has 2 atom stereocenters. The summed E-state index contributed by atoms with van der Waals surface area (Å²) in [5.74, 6) is 0.761. The van der Waals surface area contributed by atoms with Gasteiger partial charge in [-0.3, -0.25) is 4.90 Å². The molecule has 2 nitrogen and oxygen atoms in total. The van der Waals surface area contributed by atoms with Gasteiger partial charge in [0.1, 0.15) is 0 Å². The van der Waals surface area contributed by atoms with Gasteiger partial charge in [0.2, 0.25) is 0 Å². The molecular weight excluding hydrogens is 244 g/mol. The van der Waals surface area contributed by atoms with Crippen molar-refractivity contribution in [2.75, 3.05) is 19.6 Å². The van der Waals surface area contributed by atoms with Crippen LogP contribution in [-0.2, 0) is 0 Å². The summed E-state index contributed by atoms with van der Waals surface area (Å²) >= 11 is 0. The minimum Gasteiger partial charge on any atom is -0.313 e. The lowest BCUT2D eigenvalue weighted by molar-refractivity contribution is 0.182. The van der Waals surface area contributed by atoms with E-state index in [1.54, 1.807) is 0 Å². The van der Waals surface area contributed by atoms with Gasteiger partial charge >= 0.3 is 0 Å². The Hall–Kier alpha value is -0.0800. The molecule has 0 aromatic heterocycles. The van der Waals surface area contributed by atoms with Crippen LogP contribution >= 0.6 is 0 Å². The number of rotatable bonds is 11. The van der Waals surface area contributed by atoms with E-state index in [1.807, 2.05) is 0 Å². The predicted molar refractivity (Wildman–Crippen MR) is 90.3 cm³/mol. The highest BCUT2D eigenvalue weighted by Crippen LogP contribution is 2.17. The molecule has 1 aliphatic rings. The van der Waals surface area contributed by atoms with Crippen molar-refractivity contribution in [1.82, 2.24) is 10.2 Å². The summed E-state index contributed by atoms with van der Waals surface area (Å²) in [5.41, 5.74) is 0. The smallest absolute Gasteiger partial charge is 0.0243 e. The number of nitrogens with zero attached hydrogens (tertiary/aromatic N) is 1. The SMILES string of the molecule is CCCCCCCC(C)NCC(C(C)C)N1CCCC1. The van der Waals surface area contributed by atoms with E-state index in [9.17, 15) is 0 Å². The average molecular weight is 283 g/mol. The first-order chi connectivity index (χ1) is 9.65. The van der Waals surface area contributed by atoms with Crippen LogP contribution in [0.15, 0.2) is 0 Å². The maximum Gasteiger partial charge on any atom is 0.0243 e. The minimum absolute atomic E-state index is 0.681. The summed E-state index contributed by atoms with van der Waals surface area (Å²) < 4.78 is 0. The van der Waals surface area contributed by atoms with Crippen LogP contribution in [-0.4, -0.2) is 36.6 Å². The third-order valence-corrected chi connectivity index (χ3v) is 4.80. The fourth-order valence-electron chi connectivity index (χ4n) is 3.34. The summed E-state index contributed by atoms with van der Waals surface area (Å²) in [6, 6.07) is 1.42. The molecule has 0 bridgehead atoms. The van der Waals surface area contributed by atoms with Crippen molar-refractivity contribution in [2.45, 2.75) is 91.1 Å². The molecule has 1 fully saturated rings. The van der Waals surface area contributed by atoms with Gasteiger partial charge in [-0.05, 0) is 45.2 Å². The first-order valence-electron chi connectivity index (χ1n) is 9.12. The second kappa shape index (κ2) is 10.6. The van der Waals surface area contributed by atoms with Crippen LogP contribution in [0.25, 0.3) is 0 Å². The molecule has 20 heavy (non-hydrogen) atoms. The molecule has 0 amide bonds. The number of hydrogen-bond acceptors (Lipinski definition) is 2. The summed E-state index contributed by atoms with van der Waals surface area (Å²) in [5, 5.41) is 3.79. The molecule has 1 heterocycles. The van der Waals surface area contributed by atoms with Crippen molar-refractivity contribution in [1.29, 1.82) is 0 Å². The molecule has 0 aliphatic carbocycles. The zero-order valence-corrected chi connectivity index (χ0v) is 14.5. The third-order valence-electron chi connectivity index (χ3n) is 4.80. The first kappa shape index (κ1) is 18.0. The van der Waals surface area contributed by atoms with E-state index in [0.29, 0.717) is 6.04 Å². The van der Waals surface area contributed by atoms with Crippen LogP contribution in [0.4, 0.5) is 0 Å². The second-order valence-corrected chi connectivity index (χ2v) is 7.07. The van der Waals surface area contributed by atoms with Crippen molar-refractivity contribution in [2.24, 2.45) is 5.92 Å². The minimum atomic E-state index is 0.681. The number of nitrogens with one attached hydrogen (secondary N) is 1. The molecule has 0 aromatic rings. The van der Waals surface area contributed by atoms with Crippen molar-refractivity contribution < 1.29 is 0 Å². The normalized spacial score (nSPS) is 19.6. The van der Waals surface area contributed by atoms with Gasteiger partial charge in [-0.2, -0.15) is 0 Å². The number of unbranched alkanes of at least 4 members (excludes halogenated alkanes) is 4. The van der Waals surface area contributed by atoms with Gasteiger partial charge in [0.05, 0.1) is 0 Å². The summed E-state index contributed by atoms with van der Waals surface area (Å²) in [4.78, 5) is 2.70. The van der Waals surface area contributed by atoms with Gasteiger partial charge in [-0.1, -0.05) is 52.9 Å². The Kier molecular flexibility index (Phi) is 9.54. The lowest BCUT2D eigenvalue weighted by Gasteiger charge is -2.32. The Morgan fingerprint density at radius 2 is 1.60 bits per heavy atom. The van der Waals surface area contributed by atoms with Crippen LogP contribution < -0.4 is 5.32 Å². The van der Waals surface area contributed by atoms with Crippen LogP contribution in [0.5, 0.6) is 0 Å². The molecule has 1 saturated heterocycles. The molecule has 0 saturated carbocycles. The zero-order valence-electron chi connectivity index (χ0n) is 14.5. The molecule has 120 valence electrons. The lowest BCUT2D eigenvalue weighted by atomic mass is 10.0. The Morgan fingerprint density at radius 1 is 0.950 bits per heavy atom. The van der Waals surface area contributed by atoms with E-state index >= 15 is 0 Å². The maximum atomic E-state index is 3.79. The molecule has 2 heteroatoms. The molecule has 1 N–H and O–H groups in total. The summed E-state index contributed by atoms with van der Waals surface area (Å²) in [6.45, 7) is 13.2. The highest BCUT2D eigenvalue weighted by atomic mass is 15.2. The molecule has 0 radical (unpaired) electrons. The molecule has 0 spiro atoms. The molecule has 1 rings (SSSR count). The number of hydrogen-bond donors (Lipinski definition) is 1. The van der Waals surface area contributed by atoms with E-state index in [2.05, 4.69) is 37.9 Å². The van der Waals surface area contributed by atoms with Gasteiger partial charge in [0, 0.05) is 18.6 Å². The van der Waals surface area contributed by atoms with E-state index in [0.717, 1.165) is 12.0 Å². The van der Waals surface area contributed by atoms with Crippen molar-refractivity contribution >= 4 is 0 Å². The first-order valence-corrected chi connectivity index (χ1v) is 9.12. The van der Waals surface area contributed by atoms with Gasteiger partial charge in [0.25, 0.3) is 0 Å². The molecule has 0 aromatic carbocycles. The average Bonchev–Trinajstić information content (AvgIpc) is 2.92. The fourth-order valence-corrected chi connectivity index (χ4v) is 3.34. The molecule has 2 unspecified atom stereocenters.